The van der Waals surface area contributed by atoms with Gasteiger partial charge in [0.15, 0.2) is 6.10 Å². The van der Waals surface area contributed by atoms with E-state index in [2.05, 4.69) is 5.32 Å². The molecule has 1 amide bonds. The second-order valence-corrected chi connectivity index (χ2v) is 5.38. The van der Waals surface area contributed by atoms with E-state index in [0.29, 0.717) is 18.0 Å². The maximum absolute atomic E-state index is 13.5. The summed E-state index contributed by atoms with van der Waals surface area (Å²) in [6.07, 6.45) is 1.38. The van der Waals surface area contributed by atoms with Gasteiger partial charge in [0.25, 0.3) is 5.91 Å². The lowest BCUT2D eigenvalue weighted by Crippen LogP contribution is -2.29. The van der Waals surface area contributed by atoms with Crippen LogP contribution in [0, 0.1) is 5.82 Å². The highest BCUT2D eigenvalue weighted by molar-refractivity contribution is 5.96. The first-order valence-corrected chi connectivity index (χ1v) is 8.16. The van der Waals surface area contributed by atoms with Crippen LogP contribution in [-0.2, 0) is 14.3 Å². The summed E-state index contributed by atoms with van der Waals surface area (Å²) in [5.74, 6) is -0.953. The van der Waals surface area contributed by atoms with E-state index in [4.69, 9.17) is 9.47 Å². The Morgan fingerprint density at radius 3 is 2.50 bits per heavy atom. The minimum Gasteiger partial charge on any atom is -0.494 e. The molecule has 2 rings (SSSR count). The van der Waals surface area contributed by atoms with Gasteiger partial charge in [-0.2, -0.15) is 0 Å². The van der Waals surface area contributed by atoms with Crippen LogP contribution in [0.15, 0.2) is 54.6 Å². The molecule has 136 valence electrons. The molecular formula is C20H20FNO4. The zero-order chi connectivity index (χ0) is 18.9. The standard InChI is InChI=1S/C20H20FNO4/c1-3-25-17-11-9-16(10-12-17)22-20(24)14(2)26-19(23)13-8-15-6-4-5-7-18(15)21/h4-14H,3H2,1-2H3,(H,22,24)/b13-8+. The second kappa shape index (κ2) is 9.36. The summed E-state index contributed by atoms with van der Waals surface area (Å²) >= 11 is 0. The van der Waals surface area contributed by atoms with Crippen molar-refractivity contribution in [3.63, 3.8) is 0 Å². The Morgan fingerprint density at radius 2 is 1.85 bits per heavy atom. The van der Waals surface area contributed by atoms with Crippen LogP contribution in [0.4, 0.5) is 10.1 Å². The molecule has 0 heterocycles. The van der Waals surface area contributed by atoms with Crippen LogP contribution in [0.1, 0.15) is 19.4 Å². The maximum Gasteiger partial charge on any atom is 0.331 e. The molecule has 1 unspecified atom stereocenters. The number of halogens is 1. The van der Waals surface area contributed by atoms with E-state index < -0.39 is 23.8 Å². The fraction of sp³-hybridized carbons (Fsp3) is 0.200. The van der Waals surface area contributed by atoms with E-state index >= 15 is 0 Å². The molecule has 1 atom stereocenters. The van der Waals surface area contributed by atoms with Gasteiger partial charge >= 0.3 is 5.97 Å². The van der Waals surface area contributed by atoms with Crippen molar-refractivity contribution in [1.82, 2.24) is 0 Å². The van der Waals surface area contributed by atoms with Crippen molar-refractivity contribution in [3.8, 4) is 5.75 Å². The number of esters is 1. The molecule has 0 aromatic heterocycles. The quantitative estimate of drug-likeness (QED) is 0.605. The first-order valence-electron chi connectivity index (χ1n) is 8.16. The van der Waals surface area contributed by atoms with Crippen molar-refractivity contribution in [1.29, 1.82) is 0 Å². The summed E-state index contributed by atoms with van der Waals surface area (Å²) in [6.45, 7) is 3.89. The topological polar surface area (TPSA) is 64.6 Å². The van der Waals surface area contributed by atoms with E-state index in [1.165, 1.54) is 25.1 Å². The Kier molecular flexibility index (Phi) is 6.91. The molecule has 0 bridgehead atoms. The molecule has 0 saturated carbocycles. The van der Waals surface area contributed by atoms with Gasteiger partial charge in [-0.1, -0.05) is 18.2 Å². The Morgan fingerprint density at radius 1 is 1.15 bits per heavy atom. The molecule has 0 saturated heterocycles. The maximum atomic E-state index is 13.5. The van der Waals surface area contributed by atoms with Gasteiger partial charge in [0.05, 0.1) is 6.61 Å². The number of carbonyl (C=O) groups excluding carboxylic acids is 2. The summed E-state index contributed by atoms with van der Waals surface area (Å²) < 4.78 is 23.8. The van der Waals surface area contributed by atoms with Gasteiger partial charge in [-0.05, 0) is 50.3 Å². The molecule has 0 fully saturated rings. The minimum absolute atomic E-state index is 0.260. The Bertz CT molecular complexity index is 787. The van der Waals surface area contributed by atoms with Crippen LogP contribution < -0.4 is 10.1 Å². The van der Waals surface area contributed by atoms with E-state index in [9.17, 15) is 14.0 Å². The zero-order valence-corrected chi connectivity index (χ0v) is 14.6. The lowest BCUT2D eigenvalue weighted by Gasteiger charge is -2.12. The van der Waals surface area contributed by atoms with Crippen LogP contribution in [0.25, 0.3) is 6.08 Å². The fourth-order valence-electron chi connectivity index (χ4n) is 2.08. The molecule has 0 radical (unpaired) electrons. The molecule has 2 aromatic rings. The molecule has 0 spiro atoms. The first-order chi connectivity index (χ1) is 12.5. The van der Waals surface area contributed by atoms with Gasteiger partial charge < -0.3 is 14.8 Å². The van der Waals surface area contributed by atoms with E-state index in [1.807, 2.05) is 6.92 Å². The highest BCUT2D eigenvalue weighted by atomic mass is 19.1. The average molecular weight is 357 g/mol. The molecule has 0 aliphatic heterocycles. The third-order valence-electron chi connectivity index (χ3n) is 3.40. The van der Waals surface area contributed by atoms with E-state index in [1.54, 1.807) is 36.4 Å². The molecule has 2 aromatic carbocycles. The molecule has 0 aliphatic carbocycles. The van der Waals surface area contributed by atoms with Crippen LogP contribution in [0.3, 0.4) is 0 Å². The lowest BCUT2D eigenvalue weighted by atomic mass is 10.2. The molecule has 1 N–H and O–H groups in total. The Labute approximate surface area is 151 Å². The number of hydrogen-bond acceptors (Lipinski definition) is 4. The molecule has 26 heavy (non-hydrogen) atoms. The summed E-state index contributed by atoms with van der Waals surface area (Å²) in [4.78, 5) is 23.9. The Balaban J connectivity index is 1.87. The minimum atomic E-state index is -1.00. The second-order valence-electron chi connectivity index (χ2n) is 5.38. The lowest BCUT2D eigenvalue weighted by molar-refractivity contribution is -0.148. The number of anilines is 1. The third kappa shape index (κ3) is 5.73. The number of carbonyl (C=O) groups is 2. The van der Waals surface area contributed by atoms with Crippen LogP contribution >= 0.6 is 0 Å². The van der Waals surface area contributed by atoms with Crippen molar-refractivity contribution < 1.29 is 23.5 Å². The highest BCUT2D eigenvalue weighted by Gasteiger charge is 2.16. The number of ether oxygens (including phenoxy) is 2. The highest BCUT2D eigenvalue weighted by Crippen LogP contribution is 2.16. The summed E-state index contributed by atoms with van der Waals surface area (Å²) in [7, 11) is 0. The predicted octanol–water partition coefficient (Wildman–Crippen LogP) is 3.81. The third-order valence-corrected chi connectivity index (χ3v) is 3.40. The monoisotopic (exact) mass is 357 g/mol. The summed E-state index contributed by atoms with van der Waals surface area (Å²) in [5.41, 5.74) is 0.819. The van der Waals surface area contributed by atoms with Gasteiger partial charge in [0, 0.05) is 17.3 Å². The van der Waals surface area contributed by atoms with E-state index in [-0.39, 0.29) is 5.56 Å². The normalized spacial score (nSPS) is 11.8. The smallest absolute Gasteiger partial charge is 0.331 e. The van der Waals surface area contributed by atoms with Crippen molar-refractivity contribution in [2.45, 2.75) is 20.0 Å². The van der Waals surface area contributed by atoms with Crippen LogP contribution in [-0.4, -0.2) is 24.6 Å². The van der Waals surface area contributed by atoms with Gasteiger partial charge in [-0.15, -0.1) is 0 Å². The number of hydrogen-bond donors (Lipinski definition) is 1. The predicted molar refractivity (Wildman–Crippen MR) is 97.2 cm³/mol. The molecule has 5 nitrogen and oxygen atoms in total. The number of rotatable bonds is 7. The first kappa shape index (κ1) is 19.2. The van der Waals surface area contributed by atoms with Gasteiger partial charge in [0.2, 0.25) is 0 Å². The van der Waals surface area contributed by atoms with Crippen LogP contribution in [0.2, 0.25) is 0 Å². The van der Waals surface area contributed by atoms with Crippen molar-refractivity contribution in [2.24, 2.45) is 0 Å². The van der Waals surface area contributed by atoms with Crippen molar-refractivity contribution in [3.05, 3.63) is 66.0 Å². The number of benzene rings is 2. The summed E-state index contributed by atoms with van der Waals surface area (Å²) in [6, 6.07) is 12.9. The largest absolute Gasteiger partial charge is 0.494 e. The summed E-state index contributed by atoms with van der Waals surface area (Å²) in [5, 5.41) is 2.64. The van der Waals surface area contributed by atoms with Crippen LogP contribution in [0.5, 0.6) is 5.75 Å². The average Bonchev–Trinajstić information content (AvgIpc) is 2.63. The van der Waals surface area contributed by atoms with Crippen molar-refractivity contribution >= 4 is 23.6 Å². The SMILES string of the molecule is CCOc1ccc(NC(=O)C(C)OC(=O)/C=C/c2ccccc2F)cc1. The molecule has 0 aliphatic rings. The van der Waals surface area contributed by atoms with Gasteiger partial charge in [-0.25, -0.2) is 9.18 Å². The molecular weight excluding hydrogens is 337 g/mol. The molecule has 6 heteroatoms. The zero-order valence-electron chi connectivity index (χ0n) is 14.6. The fourth-order valence-corrected chi connectivity index (χ4v) is 2.08. The Hall–Kier alpha value is -3.15. The van der Waals surface area contributed by atoms with E-state index in [0.717, 1.165) is 6.08 Å². The number of amides is 1. The number of nitrogens with one attached hydrogen (secondary N) is 1. The van der Waals surface area contributed by atoms with Gasteiger partial charge in [0.1, 0.15) is 11.6 Å². The van der Waals surface area contributed by atoms with Crippen molar-refractivity contribution in [2.75, 3.05) is 11.9 Å². The van der Waals surface area contributed by atoms with Gasteiger partial charge in [-0.3, -0.25) is 4.79 Å².